The van der Waals surface area contributed by atoms with Gasteiger partial charge in [0.2, 0.25) is 5.91 Å². The number of nitrogens with one attached hydrogen (secondary N) is 1. The summed E-state index contributed by atoms with van der Waals surface area (Å²) in [4.78, 5) is 13.0. The summed E-state index contributed by atoms with van der Waals surface area (Å²) in [6, 6.07) is 12.3. The van der Waals surface area contributed by atoms with Crippen LogP contribution in [0.3, 0.4) is 0 Å². The number of nitrogens with two attached hydrogens (primary N) is 1. The van der Waals surface area contributed by atoms with Gasteiger partial charge in [-0.15, -0.1) is 0 Å². The van der Waals surface area contributed by atoms with Crippen molar-refractivity contribution in [1.29, 1.82) is 0 Å². The lowest BCUT2D eigenvalue weighted by molar-refractivity contribution is -0.117. The van der Waals surface area contributed by atoms with E-state index in [2.05, 4.69) is 5.32 Å². The van der Waals surface area contributed by atoms with Gasteiger partial charge in [-0.05, 0) is 68.3 Å². The Morgan fingerprint density at radius 3 is 2.09 bits per heavy atom. The van der Waals surface area contributed by atoms with Crippen LogP contribution in [0.15, 0.2) is 52.3 Å². The molecule has 4 nitrogen and oxygen atoms in total. The predicted molar refractivity (Wildman–Crippen MR) is 89.3 cm³/mol. The van der Waals surface area contributed by atoms with Gasteiger partial charge in [-0.25, -0.2) is 4.21 Å². The summed E-state index contributed by atoms with van der Waals surface area (Å²) in [5, 5.41) is 2.70. The highest BCUT2D eigenvalue weighted by molar-refractivity contribution is 7.85. The summed E-state index contributed by atoms with van der Waals surface area (Å²) in [5.41, 5.74) is 8.32. The van der Waals surface area contributed by atoms with E-state index in [-0.39, 0.29) is 5.91 Å². The van der Waals surface area contributed by atoms with Crippen LogP contribution in [0.25, 0.3) is 0 Å². The van der Waals surface area contributed by atoms with E-state index >= 15 is 0 Å². The fourth-order valence-electron chi connectivity index (χ4n) is 2.09. The molecule has 0 heterocycles. The zero-order chi connectivity index (χ0) is 16.3. The topological polar surface area (TPSA) is 72.2 Å². The van der Waals surface area contributed by atoms with Crippen molar-refractivity contribution in [1.82, 2.24) is 0 Å². The molecule has 0 saturated carbocycles. The average Bonchev–Trinajstić information content (AvgIpc) is 2.46. The maximum Gasteiger partial charge on any atom is 0.240 e. The number of hydrogen-bond acceptors (Lipinski definition) is 3. The smallest absolute Gasteiger partial charge is 0.240 e. The molecule has 2 unspecified atom stereocenters. The van der Waals surface area contributed by atoms with Crippen molar-refractivity contribution in [2.24, 2.45) is 5.73 Å². The molecule has 0 aliphatic carbocycles. The minimum Gasteiger partial charge on any atom is -0.325 e. The van der Waals surface area contributed by atoms with E-state index < -0.39 is 16.8 Å². The van der Waals surface area contributed by atoms with Gasteiger partial charge in [0, 0.05) is 15.5 Å². The van der Waals surface area contributed by atoms with Crippen LogP contribution in [0.2, 0.25) is 0 Å². The van der Waals surface area contributed by atoms with Crippen molar-refractivity contribution in [2.75, 3.05) is 5.32 Å². The molecule has 0 fully saturated rings. The van der Waals surface area contributed by atoms with Gasteiger partial charge in [0.1, 0.15) is 0 Å². The largest absolute Gasteiger partial charge is 0.325 e. The summed E-state index contributed by atoms with van der Waals surface area (Å²) in [6.45, 7) is 5.60. The van der Waals surface area contributed by atoms with E-state index in [9.17, 15) is 9.00 Å². The molecule has 2 aromatic carbocycles. The number of anilines is 1. The number of rotatable bonds is 4. The normalized spacial score (nSPS) is 13.5. The van der Waals surface area contributed by atoms with Gasteiger partial charge in [0.15, 0.2) is 0 Å². The van der Waals surface area contributed by atoms with Gasteiger partial charge < -0.3 is 11.1 Å². The summed E-state index contributed by atoms with van der Waals surface area (Å²) < 4.78 is 12.6. The molecule has 2 rings (SSSR count). The Morgan fingerprint density at radius 2 is 1.59 bits per heavy atom. The van der Waals surface area contributed by atoms with Crippen LogP contribution in [0.4, 0.5) is 5.69 Å². The maximum absolute atomic E-state index is 12.6. The zero-order valence-corrected chi connectivity index (χ0v) is 13.7. The third-order valence-corrected chi connectivity index (χ3v) is 4.52. The molecule has 2 atom stereocenters. The number of carbonyl (C=O) groups excluding carboxylic acids is 1. The van der Waals surface area contributed by atoms with Gasteiger partial charge in [0.05, 0.1) is 16.8 Å². The van der Waals surface area contributed by atoms with Gasteiger partial charge >= 0.3 is 0 Å². The molecule has 0 bridgehead atoms. The zero-order valence-electron chi connectivity index (χ0n) is 12.9. The molecule has 0 aliphatic rings. The summed E-state index contributed by atoms with van der Waals surface area (Å²) >= 11 is 0. The van der Waals surface area contributed by atoms with Crippen molar-refractivity contribution in [3.63, 3.8) is 0 Å². The number of hydrogen-bond donors (Lipinski definition) is 2. The third-order valence-electron chi connectivity index (χ3n) is 3.16. The van der Waals surface area contributed by atoms with E-state index in [0.717, 1.165) is 16.0 Å². The van der Waals surface area contributed by atoms with E-state index in [0.29, 0.717) is 10.6 Å². The first-order valence-electron chi connectivity index (χ1n) is 7.03. The van der Waals surface area contributed by atoms with E-state index in [1.807, 2.05) is 32.0 Å². The number of aryl methyl sites for hydroxylation is 2. The minimum absolute atomic E-state index is 0.247. The van der Waals surface area contributed by atoms with Gasteiger partial charge in [-0.3, -0.25) is 4.79 Å². The Bertz CT molecular complexity index is 689. The first-order chi connectivity index (χ1) is 10.4. The van der Waals surface area contributed by atoms with E-state index in [1.165, 1.54) is 0 Å². The van der Waals surface area contributed by atoms with Crippen molar-refractivity contribution in [3.8, 4) is 0 Å². The van der Waals surface area contributed by atoms with Crippen molar-refractivity contribution in [3.05, 3.63) is 53.6 Å². The highest BCUT2D eigenvalue weighted by Gasteiger charge is 2.10. The third kappa shape index (κ3) is 4.02. The van der Waals surface area contributed by atoms with E-state index in [1.54, 1.807) is 31.2 Å². The van der Waals surface area contributed by atoms with Crippen LogP contribution in [0.5, 0.6) is 0 Å². The summed E-state index contributed by atoms with van der Waals surface area (Å²) in [7, 11) is -1.23. The molecule has 0 spiro atoms. The van der Waals surface area contributed by atoms with Crippen LogP contribution in [-0.4, -0.2) is 16.2 Å². The lowest BCUT2D eigenvalue weighted by Crippen LogP contribution is -2.32. The monoisotopic (exact) mass is 316 g/mol. The van der Waals surface area contributed by atoms with Crippen molar-refractivity contribution < 1.29 is 9.00 Å². The molecule has 0 aromatic heterocycles. The Hall–Kier alpha value is -1.98. The van der Waals surface area contributed by atoms with Crippen LogP contribution < -0.4 is 11.1 Å². The molecule has 3 N–H and O–H groups in total. The summed E-state index contributed by atoms with van der Waals surface area (Å²) in [5.74, 6) is -0.247. The molecule has 0 saturated heterocycles. The Balaban J connectivity index is 2.19. The lowest BCUT2D eigenvalue weighted by Gasteiger charge is -2.09. The fraction of sp³-hybridized carbons (Fsp3) is 0.235. The van der Waals surface area contributed by atoms with Gasteiger partial charge in [0.25, 0.3) is 0 Å². The average molecular weight is 316 g/mol. The van der Waals surface area contributed by atoms with Gasteiger partial charge in [-0.2, -0.15) is 0 Å². The van der Waals surface area contributed by atoms with E-state index in [4.69, 9.17) is 5.73 Å². The lowest BCUT2D eigenvalue weighted by atomic mass is 10.2. The number of amides is 1. The van der Waals surface area contributed by atoms with Gasteiger partial charge in [-0.1, -0.05) is 6.07 Å². The molecule has 2 aromatic rings. The molecule has 116 valence electrons. The first kappa shape index (κ1) is 16.4. The molecular weight excluding hydrogens is 296 g/mol. The highest BCUT2D eigenvalue weighted by Crippen LogP contribution is 2.21. The maximum atomic E-state index is 12.6. The Kier molecular flexibility index (Phi) is 5.11. The second kappa shape index (κ2) is 6.85. The second-order valence-electron chi connectivity index (χ2n) is 5.39. The Labute approximate surface area is 133 Å². The van der Waals surface area contributed by atoms with Crippen LogP contribution >= 0.6 is 0 Å². The molecular formula is C17H20N2O2S. The van der Waals surface area contributed by atoms with Crippen LogP contribution in [-0.2, 0) is 15.6 Å². The number of carbonyl (C=O) groups is 1. The fourth-order valence-corrected chi connectivity index (χ4v) is 3.34. The highest BCUT2D eigenvalue weighted by atomic mass is 32.2. The quantitative estimate of drug-likeness (QED) is 0.911. The molecule has 0 radical (unpaired) electrons. The molecule has 1 amide bonds. The van der Waals surface area contributed by atoms with Crippen LogP contribution in [0, 0.1) is 13.8 Å². The molecule has 5 heteroatoms. The second-order valence-corrected chi connectivity index (χ2v) is 6.87. The predicted octanol–water partition coefficient (Wildman–Crippen LogP) is 2.76. The SMILES string of the molecule is Cc1cc(C)cc(S(=O)c2ccc(NC(=O)C(C)N)cc2)c1. The summed E-state index contributed by atoms with van der Waals surface area (Å²) in [6.07, 6.45) is 0. The molecule has 0 aliphatic heterocycles. The first-order valence-corrected chi connectivity index (χ1v) is 8.18. The van der Waals surface area contributed by atoms with Crippen LogP contribution in [0.1, 0.15) is 18.1 Å². The molecule has 22 heavy (non-hydrogen) atoms. The standard InChI is InChI=1S/C17H20N2O2S/c1-11-8-12(2)10-16(9-11)22(21)15-6-4-14(5-7-15)19-17(20)13(3)18/h4-10,13H,18H2,1-3H3,(H,19,20). The van der Waals surface area contributed by atoms with Crippen molar-refractivity contribution in [2.45, 2.75) is 36.6 Å². The number of benzene rings is 2. The van der Waals surface area contributed by atoms with Crippen molar-refractivity contribution >= 4 is 22.4 Å². The Morgan fingerprint density at radius 1 is 1.05 bits per heavy atom. The minimum atomic E-state index is -1.23.